The summed E-state index contributed by atoms with van der Waals surface area (Å²) in [5, 5.41) is 9.34. The van der Waals surface area contributed by atoms with Crippen molar-refractivity contribution in [1.29, 1.82) is 5.26 Å². The molecule has 2 rings (SSSR count). The van der Waals surface area contributed by atoms with E-state index in [2.05, 4.69) is 40.2 Å². The van der Waals surface area contributed by atoms with Gasteiger partial charge in [-0.2, -0.15) is 5.26 Å². The van der Waals surface area contributed by atoms with Gasteiger partial charge in [0, 0.05) is 10.9 Å². The quantitative estimate of drug-likeness (QED) is 0.514. The fourth-order valence-electron chi connectivity index (χ4n) is 2.65. The number of hydrogen-bond acceptors (Lipinski definition) is 3. The van der Waals surface area contributed by atoms with Gasteiger partial charge in [0.15, 0.2) is 0 Å². The van der Waals surface area contributed by atoms with Crippen molar-refractivity contribution in [3.8, 4) is 6.07 Å². The van der Waals surface area contributed by atoms with Crippen LogP contribution < -0.4 is 0 Å². The Balaban J connectivity index is 1.85. The molecule has 1 aromatic carbocycles. The largest absolute Gasteiger partial charge is 0.460 e. The summed E-state index contributed by atoms with van der Waals surface area (Å²) < 4.78 is 6.34. The molecule has 124 valence electrons. The van der Waals surface area contributed by atoms with Crippen LogP contribution >= 0.6 is 15.9 Å². The second-order valence-corrected chi connectivity index (χ2v) is 8.25. The Bertz CT molecular complexity index is 621. The number of ether oxygens (including phenoxy) is 1. The van der Waals surface area contributed by atoms with Gasteiger partial charge in [-0.15, -0.1) is 0 Å². The van der Waals surface area contributed by atoms with Gasteiger partial charge >= 0.3 is 5.97 Å². The Morgan fingerprint density at radius 1 is 1.30 bits per heavy atom. The van der Waals surface area contributed by atoms with E-state index in [0.29, 0.717) is 6.42 Å². The molecule has 0 aromatic heterocycles. The summed E-state index contributed by atoms with van der Waals surface area (Å²) in [6.45, 7) is 5.66. The maximum absolute atomic E-state index is 11.7. The number of aryl methyl sites for hydroxylation is 1. The molecule has 1 saturated carbocycles. The van der Waals surface area contributed by atoms with E-state index in [1.807, 2.05) is 20.8 Å². The highest BCUT2D eigenvalue weighted by Crippen LogP contribution is 2.48. The van der Waals surface area contributed by atoms with Gasteiger partial charge in [-0.25, -0.2) is 0 Å². The second-order valence-electron chi connectivity index (χ2n) is 7.34. The van der Waals surface area contributed by atoms with Gasteiger partial charge in [-0.3, -0.25) is 4.79 Å². The van der Waals surface area contributed by atoms with Crippen LogP contribution in [0.5, 0.6) is 0 Å². The van der Waals surface area contributed by atoms with E-state index in [4.69, 9.17) is 4.74 Å². The van der Waals surface area contributed by atoms with Crippen molar-refractivity contribution in [1.82, 2.24) is 0 Å². The molecular formula is C19H24BrNO2. The summed E-state index contributed by atoms with van der Waals surface area (Å²) >= 11 is 3.54. The van der Waals surface area contributed by atoms with Crippen molar-refractivity contribution in [2.24, 2.45) is 0 Å². The topological polar surface area (TPSA) is 50.1 Å². The monoisotopic (exact) mass is 377 g/mol. The highest BCUT2D eigenvalue weighted by Gasteiger charge is 2.45. The molecule has 0 radical (unpaired) electrons. The van der Waals surface area contributed by atoms with Crippen LogP contribution in [0.1, 0.15) is 64.0 Å². The SMILES string of the molecule is CC(C)(C)OC(=O)CCCCc1cc(Br)cc(C2(C#N)CC2)c1. The van der Waals surface area contributed by atoms with Crippen LogP contribution in [0.4, 0.5) is 0 Å². The number of esters is 1. The predicted octanol–water partition coefficient (Wildman–Crippen LogP) is 5.06. The predicted molar refractivity (Wildman–Crippen MR) is 94.1 cm³/mol. The molecule has 4 heteroatoms. The zero-order valence-corrected chi connectivity index (χ0v) is 15.7. The minimum atomic E-state index is -0.411. The molecule has 0 saturated heterocycles. The van der Waals surface area contributed by atoms with Crippen LogP contribution in [0.2, 0.25) is 0 Å². The first-order valence-corrected chi connectivity index (χ1v) is 8.96. The lowest BCUT2D eigenvalue weighted by atomic mass is 9.94. The molecule has 0 bridgehead atoms. The molecular weight excluding hydrogens is 354 g/mol. The minimum absolute atomic E-state index is 0.131. The molecule has 0 spiro atoms. The number of rotatable bonds is 6. The third-order valence-corrected chi connectivity index (χ3v) is 4.45. The summed E-state index contributed by atoms with van der Waals surface area (Å²) in [5.74, 6) is -0.131. The zero-order valence-electron chi connectivity index (χ0n) is 14.1. The second kappa shape index (κ2) is 7.05. The molecule has 0 unspecified atom stereocenters. The molecule has 0 atom stereocenters. The fraction of sp³-hybridized carbons (Fsp3) is 0.579. The van der Waals surface area contributed by atoms with Crippen molar-refractivity contribution in [3.05, 3.63) is 33.8 Å². The fourth-order valence-corrected chi connectivity index (χ4v) is 3.19. The normalized spacial score (nSPS) is 15.8. The van der Waals surface area contributed by atoms with Gasteiger partial charge in [0.2, 0.25) is 0 Å². The smallest absolute Gasteiger partial charge is 0.306 e. The van der Waals surface area contributed by atoms with Crippen LogP contribution in [-0.2, 0) is 21.4 Å². The number of benzene rings is 1. The molecule has 0 heterocycles. The highest BCUT2D eigenvalue weighted by atomic mass is 79.9. The van der Waals surface area contributed by atoms with Crippen LogP contribution in [0.15, 0.2) is 22.7 Å². The molecule has 0 N–H and O–H groups in total. The number of carbonyl (C=O) groups is 1. The van der Waals surface area contributed by atoms with E-state index in [9.17, 15) is 10.1 Å². The van der Waals surface area contributed by atoms with Gasteiger partial charge in [0.1, 0.15) is 5.60 Å². The maximum Gasteiger partial charge on any atom is 0.306 e. The summed E-state index contributed by atoms with van der Waals surface area (Å²) in [6, 6.07) is 8.75. The molecule has 0 aliphatic heterocycles. The lowest BCUT2D eigenvalue weighted by molar-refractivity contribution is -0.154. The molecule has 1 aliphatic rings. The number of carbonyl (C=O) groups excluding carboxylic acids is 1. The number of nitriles is 1. The zero-order chi connectivity index (χ0) is 17.1. The average Bonchev–Trinajstić information content (AvgIpc) is 3.22. The summed E-state index contributed by atoms with van der Waals surface area (Å²) in [6.07, 6.45) is 5.04. The van der Waals surface area contributed by atoms with Gasteiger partial charge in [0.05, 0.1) is 11.5 Å². The van der Waals surface area contributed by atoms with Crippen LogP contribution in [0.25, 0.3) is 0 Å². The lowest BCUT2D eigenvalue weighted by Crippen LogP contribution is -2.23. The third-order valence-electron chi connectivity index (χ3n) is 3.99. The molecule has 3 nitrogen and oxygen atoms in total. The van der Waals surface area contributed by atoms with E-state index >= 15 is 0 Å². The Kier molecular flexibility index (Phi) is 5.52. The first-order valence-electron chi connectivity index (χ1n) is 8.17. The van der Waals surface area contributed by atoms with Crippen molar-refractivity contribution >= 4 is 21.9 Å². The summed E-state index contributed by atoms with van der Waals surface area (Å²) in [7, 11) is 0. The first kappa shape index (κ1) is 18.0. The van der Waals surface area contributed by atoms with Crippen LogP contribution in [-0.4, -0.2) is 11.6 Å². The number of halogens is 1. The molecule has 1 fully saturated rings. The molecule has 1 aromatic rings. The van der Waals surface area contributed by atoms with Crippen molar-refractivity contribution in [2.45, 2.75) is 70.3 Å². The van der Waals surface area contributed by atoms with Gasteiger partial charge < -0.3 is 4.74 Å². The number of nitrogens with zero attached hydrogens (tertiary/aromatic N) is 1. The molecule has 1 aliphatic carbocycles. The Hall–Kier alpha value is -1.34. The Morgan fingerprint density at radius 3 is 2.57 bits per heavy atom. The van der Waals surface area contributed by atoms with Gasteiger partial charge in [-0.1, -0.05) is 22.0 Å². The summed E-state index contributed by atoms with van der Waals surface area (Å²) in [4.78, 5) is 11.7. The van der Waals surface area contributed by atoms with Crippen LogP contribution in [0.3, 0.4) is 0 Å². The average molecular weight is 378 g/mol. The lowest BCUT2D eigenvalue weighted by Gasteiger charge is -2.19. The Labute approximate surface area is 147 Å². The maximum atomic E-state index is 11.7. The van der Waals surface area contributed by atoms with E-state index in [1.54, 1.807) is 0 Å². The molecule has 0 amide bonds. The standard InChI is InChI=1S/C19H24BrNO2/c1-18(2,3)23-17(22)7-5-4-6-14-10-15(12-16(20)11-14)19(13-21)8-9-19/h10-12H,4-9H2,1-3H3. The highest BCUT2D eigenvalue weighted by molar-refractivity contribution is 9.10. The summed E-state index contributed by atoms with van der Waals surface area (Å²) in [5.41, 5.74) is 1.68. The van der Waals surface area contributed by atoms with E-state index in [1.165, 1.54) is 5.56 Å². The van der Waals surface area contributed by atoms with Crippen molar-refractivity contribution in [3.63, 3.8) is 0 Å². The van der Waals surface area contributed by atoms with Gasteiger partial charge in [0.25, 0.3) is 0 Å². The minimum Gasteiger partial charge on any atom is -0.460 e. The molecule has 23 heavy (non-hydrogen) atoms. The number of hydrogen-bond donors (Lipinski definition) is 0. The van der Waals surface area contributed by atoms with Crippen molar-refractivity contribution < 1.29 is 9.53 Å². The van der Waals surface area contributed by atoms with E-state index in [0.717, 1.165) is 42.1 Å². The third kappa shape index (κ3) is 5.35. The first-order chi connectivity index (χ1) is 10.7. The van der Waals surface area contributed by atoms with Gasteiger partial charge in [-0.05, 0) is 76.1 Å². The van der Waals surface area contributed by atoms with E-state index in [-0.39, 0.29) is 11.4 Å². The number of unbranched alkanes of at least 4 members (excludes halogenated alkanes) is 1. The van der Waals surface area contributed by atoms with Crippen LogP contribution in [0, 0.1) is 11.3 Å². The van der Waals surface area contributed by atoms with E-state index < -0.39 is 5.60 Å². The Morgan fingerprint density at radius 2 is 2.00 bits per heavy atom. The van der Waals surface area contributed by atoms with Crippen molar-refractivity contribution in [2.75, 3.05) is 0 Å².